The van der Waals surface area contributed by atoms with Gasteiger partial charge in [0, 0.05) is 5.22 Å². The van der Waals surface area contributed by atoms with Gasteiger partial charge in [-0.1, -0.05) is 29.5 Å². The van der Waals surface area contributed by atoms with Crippen LogP contribution in [0.5, 0.6) is 5.88 Å². The maximum atomic E-state index is 9.53. The van der Waals surface area contributed by atoms with Crippen molar-refractivity contribution in [2.75, 3.05) is 5.73 Å². The van der Waals surface area contributed by atoms with E-state index in [1.807, 2.05) is 30.3 Å². The molecule has 0 saturated carbocycles. The van der Waals surface area contributed by atoms with Gasteiger partial charge in [-0.3, -0.25) is 0 Å². The number of aromatic nitrogens is 1. The van der Waals surface area contributed by atoms with Crippen LogP contribution in [0.3, 0.4) is 0 Å². The topological polar surface area (TPSA) is 71.5 Å². The Kier molecular flexibility index (Phi) is 2.19. The first-order chi connectivity index (χ1) is 8.22. The van der Waals surface area contributed by atoms with Gasteiger partial charge in [0.25, 0.3) is 0 Å². The predicted octanol–water partition coefficient (Wildman–Crippen LogP) is 0.886. The fraction of sp³-hybridized carbons (Fsp3) is 0. The van der Waals surface area contributed by atoms with Gasteiger partial charge in [-0.25, -0.2) is 4.99 Å². The lowest BCUT2D eigenvalue weighted by atomic mass is 10.3. The molecule has 0 spiro atoms. The Morgan fingerprint density at radius 2 is 2.12 bits per heavy atom. The molecule has 3 rings (SSSR count). The zero-order valence-corrected chi connectivity index (χ0v) is 9.61. The number of aromatic hydroxyl groups is 1. The molecule has 0 saturated heterocycles. The van der Waals surface area contributed by atoms with E-state index in [1.165, 1.54) is 11.3 Å². The van der Waals surface area contributed by atoms with Crippen LogP contribution in [0.2, 0.25) is 0 Å². The Bertz CT molecular complexity index is 693. The van der Waals surface area contributed by atoms with Gasteiger partial charge in [0.1, 0.15) is 0 Å². The van der Waals surface area contributed by atoms with Gasteiger partial charge in [-0.2, -0.15) is 4.98 Å². The molecule has 1 aromatic carbocycles. The lowest BCUT2D eigenvalue weighted by Gasteiger charge is -1.88. The predicted molar refractivity (Wildman–Crippen MR) is 67.9 cm³/mol. The molecule has 17 heavy (non-hydrogen) atoms. The molecule has 4 nitrogen and oxygen atoms in total. The lowest BCUT2D eigenvalue weighted by Crippen LogP contribution is -2.19. The molecule has 2 aromatic rings. The van der Waals surface area contributed by atoms with Gasteiger partial charge in [0.15, 0.2) is 5.13 Å². The summed E-state index contributed by atoms with van der Waals surface area (Å²) in [6.07, 6.45) is 3.74. The highest BCUT2D eigenvalue weighted by Gasteiger charge is 2.07. The van der Waals surface area contributed by atoms with Crippen LogP contribution in [0.4, 0.5) is 5.13 Å². The first-order valence-corrected chi connectivity index (χ1v) is 5.86. The van der Waals surface area contributed by atoms with Crippen molar-refractivity contribution in [3.05, 3.63) is 45.4 Å². The molecule has 2 heterocycles. The number of allylic oxidation sites excluding steroid dienone is 1. The second-order valence-corrected chi connectivity index (χ2v) is 4.69. The minimum Gasteiger partial charge on any atom is -0.492 e. The van der Waals surface area contributed by atoms with Crippen molar-refractivity contribution in [3.8, 4) is 5.88 Å². The standard InChI is InChI=1S/C12H9N3OS/c13-12-15-11(16)10(17-12)6-8-5-7-3-1-2-4-9(7)14-8/h1-6,16H,(H2,13,15)/b8-6-. The number of hydrogen-bond donors (Lipinski definition) is 2. The Morgan fingerprint density at radius 1 is 1.29 bits per heavy atom. The number of benzene rings is 1. The van der Waals surface area contributed by atoms with E-state index in [4.69, 9.17) is 5.73 Å². The normalized spacial score (nSPS) is 15.4. The molecule has 0 fully saturated rings. The molecule has 3 N–H and O–H groups in total. The Morgan fingerprint density at radius 3 is 2.82 bits per heavy atom. The van der Waals surface area contributed by atoms with Gasteiger partial charge in [-0.15, -0.1) is 0 Å². The third-order valence-corrected chi connectivity index (χ3v) is 3.24. The van der Waals surface area contributed by atoms with E-state index >= 15 is 0 Å². The molecule has 0 amide bonds. The van der Waals surface area contributed by atoms with Crippen molar-refractivity contribution < 1.29 is 5.11 Å². The fourth-order valence-electron chi connectivity index (χ4n) is 1.68. The maximum absolute atomic E-state index is 9.53. The average molecular weight is 243 g/mol. The van der Waals surface area contributed by atoms with Crippen molar-refractivity contribution >= 4 is 28.6 Å². The van der Waals surface area contributed by atoms with Crippen LogP contribution in [0.25, 0.3) is 12.2 Å². The zero-order chi connectivity index (χ0) is 11.8. The fourth-order valence-corrected chi connectivity index (χ4v) is 2.36. The Balaban J connectivity index is 2.09. The minimum atomic E-state index is -0.0421. The second-order valence-electron chi connectivity index (χ2n) is 3.62. The Labute approximate surface area is 101 Å². The second kappa shape index (κ2) is 3.71. The average Bonchev–Trinajstić information content (AvgIpc) is 2.82. The van der Waals surface area contributed by atoms with E-state index in [0.717, 1.165) is 16.3 Å². The number of nitrogens with zero attached hydrogens (tertiary/aromatic N) is 2. The smallest absolute Gasteiger partial charge is 0.231 e. The number of anilines is 1. The number of nitrogen functional groups attached to an aromatic ring is 1. The lowest BCUT2D eigenvalue weighted by molar-refractivity contribution is 0.457. The molecule has 1 aromatic heterocycles. The van der Waals surface area contributed by atoms with Crippen LogP contribution in [0, 0.1) is 0 Å². The van der Waals surface area contributed by atoms with Gasteiger partial charge >= 0.3 is 0 Å². The summed E-state index contributed by atoms with van der Waals surface area (Å²) in [6.45, 7) is 0. The molecular formula is C12H9N3OS. The van der Waals surface area contributed by atoms with Crippen LogP contribution < -0.4 is 16.3 Å². The molecule has 1 aliphatic rings. The summed E-state index contributed by atoms with van der Waals surface area (Å²) >= 11 is 1.24. The van der Waals surface area contributed by atoms with Gasteiger partial charge < -0.3 is 10.8 Å². The number of fused-ring (bicyclic) bond motifs is 1. The number of rotatable bonds is 1. The van der Waals surface area contributed by atoms with E-state index in [0.29, 0.717) is 10.0 Å². The van der Waals surface area contributed by atoms with Crippen molar-refractivity contribution in [2.45, 2.75) is 0 Å². The van der Waals surface area contributed by atoms with Crippen LogP contribution in [0.15, 0.2) is 35.0 Å². The molecule has 1 aliphatic heterocycles. The van der Waals surface area contributed by atoms with Crippen molar-refractivity contribution in [3.63, 3.8) is 0 Å². The van der Waals surface area contributed by atoms with E-state index < -0.39 is 0 Å². The van der Waals surface area contributed by atoms with E-state index in [2.05, 4.69) is 9.98 Å². The van der Waals surface area contributed by atoms with Gasteiger partial charge in [-0.05, 0) is 18.2 Å². The highest BCUT2D eigenvalue weighted by molar-refractivity contribution is 7.16. The van der Waals surface area contributed by atoms with Crippen molar-refractivity contribution in [1.29, 1.82) is 0 Å². The van der Waals surface area contributed by atoms with Gasteiger partial charge in [0.2, 0.25) is 5.88 Å². The number of hydrogen-bond acceptors (Lipinski definition) is 5. The van der Waals surface area contributed by atoms with Crippen molar-refractivity contribution in [2.24, 2.45) is 4.99 Å². The molecule has 5 heteroatoms. The molecule has 0 aliphatic carbocycles. The molecule has 84 valence electrons. The molecule has 0 radical (unpaired) electrons. The van der Waals surface area contributed by atoms with E-state index in [1.54, 1.807) is 6.08 Å². The summed E-state index contributed by atoms with van der Waals surface area (Å²) in [5.74, 6) is -0.0421. The third kappa shape index (κ3) is 1.81. The summed E-state index contributed by atoms with van der Waals surface area (Å²) in [7, 11) is 0. The SMILES string of the molecule is Nc1nc(O)c(/C=C2/C=c3ccccc3=N2)s1. The van der Waals surface area contributed by atoms with Crippen molar-refractivity contribution in [1.82, 2.24) is 4.98 Å². The highest BCUT2D eigenvalue weighted by atomic mass is 32.1. The summed E-state index contributed by atoms with van der Waals surface area (Å²) in [5, 5.41) is 11.9. The summed E-state index contributed by atoms with van der Waals surface area (Å²) in [5.41, 5.74) is 6.31. The third-order valence-electron chi connectivity index (χ3n) is 2.42. The minimum absolute atomic E-state index is 0.0421. The van der Waals surface area contributed by atoms with E-state index in [-0.39, 0.29) is 5.88 Å². The molecule has 0 bridgehead atoms. The number of nitrogens with two attached hydrogens (primary N) is 1. The summed E-state index contributed by atoms with van der Waals surface area (Å²) in [4.78, 5) is 8.81. The van der Waals surface area contributed by atoms with Gasteiger partial charge in [0.05, 0.1) is 15.9 Å². The molecule has 0 atom stereocenters. The zero-order valence-electron chi connectivity index (χ0n) is 8.79. The molecular weight excluding hydrogens is 234 g/mol. The largest absolute Gasteiger partial charge is 0.492 e. The summed E-state index contributed by atoms with van der Waals surface area (Å²) < 4.78 is 0. The monoisotopic (exact) mass is 243 g/mol. The first kappa shape index (κ1) is 10.0. The van der Waals surface area contributed by atoms with Crippen LogP contribution in [-0.2, 0) is 0 Å². The first-order valence-electron chi connectivity index (χ1n) is 5.05. The number of para-hydroxylation sites is 1. The van der Waals surface area contributed by atoms with Crippen LogP contribution in [-0.4, -0.2) is 10.1 Å². The summed E-state index contributed by atoms with van der Waals surface area (Å²) in [6, 6.07) is 7.87. The van der Waals surface area contributed by atoms with Crippen LogP contribution >= 0.6 is 11.3 Å². The number of thiazole rings is 1. The molecule has 0 unspecified atom stereocenters. The van der Waals surface area contributed by atoms with E-state index in [9.17, 15) is 5.11 Å². The highest BCUT2D eigenvalue weighted by Crippen LogP contribution is 2.28. The Hall–Kier alpha value is -2.14. The maximum Gasteiger partial charge on any atom is 0.231 e. The quantitative estimate of drug-likeness (QED) is 0.781. The van der Waals surface area contributed by atoms with Crippen LogP contribution in [0.1, 0.15) is 4.88 Å².